The number of anilines is 1. The molecule has 2 N–H and O–H groups in total. The van der Waals surface area contributed by atoms with Crippen LogP contribution in [-0.4, -0.2) is 50.7 Å². The van der Waals surface area contributed by atoms with E-state index in [0.717, 1.165) is 12.8 Å². The number of para-hydroxylation sites is 1. The van der Waals surface area contributed by atoms with E-state index in [9.17, 15) is 9.59 Å². The molecular weight excluding hydrogens is 478 g/mol. The van der Waals surface area contributed by atoms with Gasteiger partial charge in [-0.15, -0.1) is 0 Å². The molecular formula is C27H24ClN5O3. The molecule has 0 bridgehead atoms. The average molecular weight is 502 g/mol. The van der Waals surface area contributed by atoms with Crippen LogP contribution in [0.4, 0.5) is 5.82 Å². The summed E-state index contributed by atoms with van der Waals surface area (Å²) in [5.74, 6) is 1.38. The predicted octanol–water partition coefficient (Wildman–Crippen LogP) is 5.22. The number of piperidine rings is 1. The quantitative estimate of drug-likeness (QED) is 0.266. The molecule has 5 rings (SSSR count). The minimum Gasteiger partial charge on any atom is -0.457 e. The van der Waals surface area contributed by atoms with Crippen LogP contribution >= 0.6 is 11.6 Å². The number of amides is 1. The summed E-state index contributed by atoms with van der Waals surface area (Å²) in [7, 11) is 0. The molecule has 0 saturated carbocycles. The summed E-state index contributed by atoms with van der Waals surface area (Å²) >= 11 is 6.51. The SMILES string of the molecule is C=CC(=O)N1CCCC(Nc2ncnc3[nH]cc(C(=O)c4ccc(Oc5ccccc5)cc4Cl)c23)C1. The van der Waals surface area contributed by atoms with Crippen molar-refractivity contribution in [3.63, 3.8) is 0 Å². The van der Waals surface area contributed by atoms with E-state index in [2.05, 4.69) is 26.8 Å². The zero-order valence-corrected chi connectivity index (χ0v) is 20.2. The van der Waals surface area contributed by atoms with Crippen LogP contribution in [0.25, 0.3) is 11.0 Å². The first-order valence-corrected chi connectivity index (χ1v) is 12.0. The number of nitrogens with one attached hydrogen (secondary N) is 2. The number of carbonyl (C=O) groups excluding carboxylic acids is 2. The number of halogens is 1. The fourth-order valence-corrected chi connectivity index (χ4v) is 4.64. The van der Waals surface area contributed by atoms with Crippen molar-refractivity contribution in [2.45, 2.75) is 18.9 Å². The summed E-state index contributed by atoms with van der Waals surface area (Å²) in [5.41, 5.74) is 1.28. The molecule has 2 aromatic carbocycles. The second kappa shape index (κ2) is 10.2. The van der Waals surface area contributed by atoms with Gasteiger partial charge in [-0.2, -0.15) is 0 Å². The number of ether oxygens (including phenoxy) is 1. The molecule has 2 aromatic heterocycles. The molecule has 1 aliphatic rings. The van der Waals surface area contributed by atoms with Crippen LogP contribution < -0.4 is 10.1 Å². The third-order valence-electron chi connectivity index (χ3n) is 6.13. The number of nitrogens with zero attached hydrogens (tertiary/aromatic N) is 3. The van der Waals surface area contributed by atoms with Gasteiger partial charge in [-0.05, 0) is 43.2 Å². The van der Waals surface area contributed by atoms with Gasteiger partial charge in [0.15, 0.2) is 5.78 Å². The van der Waals surface area contributed by atoms with Crippen molar-refractivity contribution < 1.29 is 14.3 Å². The number of benzene rings is 2. The molecule has 1 aliphatic heterocycles. The minimum absolute atomic E-state index is 0.0170. The van der Waals surface area contributed by atoms with E-state index in [1.807, 2.05) is 30.3 Å². The lowest BCUT2D eigenvalue weighted by Crippen LogP contribution is -2.44. The normalized spacial score (nSPS) is 15.5. The lowest BCUT2D eigenvalue weighted by atomic mass is 10.0. The topological polar surface area (TPSA) is 100 Å². The van der Waals surface area contributed by atoms with E-state index in [1.165, 1.54) is 12.4 Å². The highest BCUT2D eigenvalue weighted by atomic mass is 35.5. The number of carbonyl (C=O) groups is 2. The molecule has 182 valence electrons. The van der Waals surface area contributed by atoms with Gasteiger partial charge in [-0.3, -0.25) is 9.59 Å². The maximum absolute atomic E-state index is 13.5. The zero-order valence-electron chi connectivity index (χ0n) is 19.4. The van der Waals surface area contributed by atoms with Crippen LogP contribution in [0.15, 0.2) is 73.7 Å². The van der Waals surface area contributed by atoms with Crippen molar-refractivity contribution in [2.24, 2.45) is 0 Å². The Labute approximate surface area is 213 Å². The molecule has 1 amide bonds. The summed E-state index contributed by atoms with van der Waals surface area (Å²) in [6.45, 7) is 4.80. The minimum atomic E-state index is -0.262. The number of likely N-dealkylation sites (tertiary alicyclic amines) is 1. The first-order chi connectivity index (χ1) is 17.5. The van der Waals surface area contributed by atoms with Crippen molar-refractivity contribution in [1.82, 2.24) is 19.9 Å². The number of ketones is 1. The van der Waals surface area contributed by atoms with Crippen LogP contribution in [0.2, 0.25) is 5.02 Å². The van der Waals surface area contributed by atoms with E-state index in [0.29, 0.717) is 52.6 Å². The fraction of sp³-hybridized carbons (Fsp3) is 0.185. The number of hydrogen-bond donors (Lipinski definition) is 2. The van der Waals surface area contributed by atoms with E-state index in [-0.39, 0.29) is 22.8 Å². The lowest BCUT2D eigenvalue weighted by Gasteiger charge is -2.32. The number of fused-ring (bicyclic) bond motifs is 1. The van der Waals surface area contributed by atoms with Gasteiger partial charge in [0, 0.05) is 37.0 Å². The molecule has 3 heterocycles. The maximum atomic E-state index is 13.5. The number of hydrogen-bond acceptors (Lipinski definition) is 6. The third kappa shape index (κ3) is 4.81. The molecule has 1 unspecified atom stereocenters. The Balaban J connectivity index is 1.41. The van der Waals surface area contributed by atoms with Crippen LogP contribution in [0.5, 0.6) is 11.5 Å². The first-order valence-electron chi connectivity index (χ1n) is 11.6. The lowest BCUT2D eigenvalue weighted by molar-refractivity contribution is -0.127. The second-order valence-corrected chi connectivity index (χ2v) is 8.91. The molecule has 1 saturated heterocycles. The number of H-pyrrole nitrogens is 1. The third-order valence-corrected chi connectivity index (χ3v) is 6.44. The molecule has 0 spiro atoms. The molecule has 0 aliphatic carbocycles. The highest BCUT2D eigenvalue weighted by Gasteiger charge is 2.25. The maximum Gasteiger partial charge on any atom is 0.246 e. The van der Waals surface area contributed by atoms with Gasteiger partial charge in [0.25, 0.3) is 0 Å². The summed E-state index contributed by atoms with van der Waals surface area (Å²) in [5, 5.41) is 4.27. The highest BCUT2D eigenvalue weighted by Crippen LogP contribution is 2.31. The Morgan fingerprint density at radius 3 is 2.75 bits per heavy atom. The summed E-state index contributed by atoms with van der Waals surface area (Å²) < 4.78 is 5.83. The van der Waals surface area contributed by atoms with Crippen molar-refractivity contribution in [3.8, 4) is 11.5 Å². The highest BCUT2D eigenvalue weighted by molar-refractivity contribution is 6.35. The van der Waals surface area contributed by atoms with Crippen molar-refractivity contribution in [3.05, 3.63) is 89.9 Å². The van der Waals surface area contributed by atoms with Gasteiger partial charge in [-0.1, -0.05) is 36.4 Å². The van der Waals surface area contributed by atoms with Crippen molar-refractivity contribution >= 4 is 40.1 Å². The Kier molecular flexibility index (Phi) is 6.69. The van der Waals surface area contributed by atoms with Crippen LogP contribution in [0.1, 0.15) is 28.8 Å². The van der Waals surface area contributed by atoms with Crippen molar-refractivity contribution in [2.75, 3.05) is 18.4 Å². The standard InChI is InChI=1S/C27H24ClN5O3/c1-2-23(34)33-12-6-7-17(15-33)32-27-24-21(14-29-26(24)30-16-31-27)25(35)20-11-10-19(13-22(20)28)36-18-8-4-3-5-9-18/h2-5,8-11,13-14,16-17H,1,6-7,12,15H2,(H2,29,30,31,32). The average Bonchev–Trinajstić information content (AvgIpc) is 3.34. The van der Waals surface area contributed by atoms with Gasteiger partial charge in [0.2, 0.25) is 5.91 Å². The van der Waals surface area contributed by atoms with E-state index >= 15 is 0 Å². The largest absolute Gasteiger partial charge is 0.457 e. The summed E-state index contributed by atoms with van der Waals surface area (Å²) in [6.07, 6.45) is 6.11. The van der Waals surface area contributed by atoms with Gasteiger partial charge >= 0.3 is 0 Å². The molecule has 8 nitrogen and oxygen atoms in total. The Hall–Kier alpha value is -4.17. The molecule has 9 heteroatoms. The number of aromatic nitrogens is 3. The van der Waals surface area contributed by atoms with Gasteiger partial charge in [-0.25, -0.2) is 9.97 Å². The second-order valence-electron chi connectivity index (χ2n) is 8.51. The van der Waals surface area contributed by atoms with E-state index in [1.54, 1.807) is 29.3 Å². The van der Waals surface area contributed by atoms with E-state index in [4.69, 9.17) is 16.3 Å². The Morgan fingerprint density at radius 2 is 1.97 bits per heavy atom. The Bertz CT molecular complexity index is 1440. The van der Waals surface area contributed by atoms with Gasteiger partial charge < -0.3 is 19.9 Å². The van der Waals surface area contributed by atoms with E-state index < -0.39 is 0 Å². The van der Waals surface area contributed by atoms with Crippen LogP contribution in [0.3, 0.4) is 0 Å². The molecule has 1 atom stereocenters. The summed E-state index contributed by atoms with van der Waals surface area (Å²) in [4.78, 5) is 39.1. The molecule has 1 fully saturated rings. The predicted molar refractivity (Wildman–Crippen MR) is 139 cm³/mol. The molecule has 36 heavy (non-hydrogen) atoms. The smallest absolute Gasteiger partial charge is 0.246 e. The Morgan fingerprint density at radius 1 is 1.14 bits per heavy atom. The summed E-state index contributed by atoms with van der Waals surface area (Å²) in [6, 6.07) is 14.3. The van der Waals surface area contributed by atoms with Crippen LogP contribution in [0, 0.1) is 0 Å². The molecule has 4 aromatic rings. The zero-order chi connectivity index (χ0) is 25.1. The van der Waals surface area contributed by atoms with Crippen molar-refractivity contribution in [1.29, 1.82) is 0 Å². The van der Waals surface area contributed by atoms with Gasteiger partial charge in [0.05, 0.1) is 16.0 Å². The first kappa shape index (κ1) is 23.6. The monoisotopic (exact) mass is 501 g/mol. The van der Waals surface area contributed by atoms with Crippen LogP contribution in [-0.2, 0) is 4.79 Å². The fourth-order valence-electron chi connectivity index (χ4n) is 4.38. The molecule has 0 radical (unpaired) electrons. The number of aromatic amines is 1. The number of rotatable bonds is 7. The van der Waals surface area contributed by atoms with Gasteiger partial charge in [0.1, 0.15) is 29.3 Å².